The molecule has 22 heavy (non-hydrogen) atoms. The van der Waals surface area contributed by atoms with Gasteiger partial charge in [-0.05, 0) is 30.0 Å². The molecule has 1 aromatic carbocycles. The lowest BCUT2D eigenvalue weighted by Crippen LogP contribution is -2.38. The van der Waals surface area contributed by atoms with E-state index >= 15 is 0 Å². The van der Waals surface area contributed by atoms with Gasteiger partial charge < -0.3 is 20.1 Å². The van der Waals surface area contributed by atoms with E-state index in [9.17, 15) is 8.78 Å². The highest BCUT2D eigenvalue weighted by molar-refractivity contribution is 5.80. The van der Waals surface area contributed by atoms with E-state index in [0.717, 1.165) is 12.0 Å². The number of methoxy groups -OCH3 is 1. The van der Waals surface area contributed by atoms with Crippen molar-refractivity contribution in [1.29, 1.82) is 0 Å². The largest absolute Gasteiger partial charge is 0.493 e. The maximum Gasteiger partial charge on any atom is 0.387 e. The summed E-state index contributed by atoms with van der Waals surface area (Å²) in [5, 5.41) is 6.44. The number of rotatable bonds is 6. The molecule has 2 N–H and O–H groups in total. The second kappa shape index (κ2) is 7.29. The van der Waals surface area contributed by atoms with Gasteiger partial charge in [-0.15, -0.1) is 0 Å². The normalized spacial score (nSPS) is 20.7. The van der Waals surface area contributed by atoms with Crippen LogP contribution in [-0.4, -0.2) is 32.8 Å². The van der Waals surface area contributed by atoms with E-state index in [-0.39, 0.29) is 11.5 Å². The molecule has 1 aromatic rings. The fourth-order valence-corrected chi connectivity index (χ4v) is 2.10. The quantitative estimate of drug-likeness (QED) is 0.625. The predicted octanol–water partition coefficient (Wildman–Crippen LogP) is 2.37. The van der Waals surface area contributed by atoms with E-state index in [1.54, 1.807) is 19.2 Å². The lowest BCUT2D eigenvalue weighted by atomic mass is 10.2. The molecule has 1 aliphatic carbocycles. The van der Waals surface area contributed by atoms with Crippen LogP contribution in [0, 0.1) is 5.92 Å². The van der Waals surface area contributed by atoms with Crippen molar-refractivity contribution in [3.63, 3.8) is 0 Å². The molecule has 2 rings (SSSR count). The molecular weight excluding hydrogens is 292 g/mol. The summed E-state index contributed by atoms with van der Waals surface area (Å²) in [4.78, 5) is 4.14. The van der Waals surface area contributed by atoms with Gasteiger partial charge >= 0.3 is 6.61 Å². The lowest BCUT2D eigenvalue weighted by Gasteiger charge is -2.14. The molecular formula is C15H21F2N3O2. The van der Waals surface area contributed by atoms with Gasteiger partial charge in [0.05, 0.1) is 7.11 Å². The second-order valence-electron chi connectivity index (χ2n) is 5.25. The van der Waals surface area contributed by atoms with Crippen LogP contribution in [0.5, 0.6) is 11.5 Å². The van der Waals surface area contributed by atoms with Crippen LogP contribution in [-0.2, 0) is 6.54 Å². The molecule has 0 saturated heterocycles. The van der Waals surface area contributed by atoms with Crippen LogP contribution in [0.4, 0.5) is 8.78 Å². The third kappa shape index (κ3) is 4.47. The van der Waals surface area contributed by atoms with E-state index in [1.165, 1.54) is 13.2 Å². The zero-order valence-corrected chi connectivity index (χ0v) is 12.9. The molecule has 0 radical (unpaired) electrons. The molecule has 122 valence electrons. The summed E-state index contributed by atoms with van der Waals surface area (Å²) in [6.45, 7) is -0.268. The molecule has 0 amide bonds. The van der Waals surface area contributed by atoms with Crippen LogP contribution >= 0.6 is 0 Å². The predicted molar refractivity (Wildman–Crippen MR) is 80.5 cm³/mol. The number of halogens is 2. The van der Waals surface area contributed by atoms with Crippen LogP contribution < -0.4 is 20.1 Å². The van der Waals surface area contributed by atoms with Gasteiger partial charge in [0.25, 0.3) is 0 Å². The van der Waals surface area contributed by atoms with Crippen LogP contribution in [0.1, 0.15) is 18.9 Å². The number of benzene rings is 1. The molecule has 0 spiro atoms. The molecule has 0 heterocycles. The number of guanidine groups is 1. The van der Waals surface area contributed by atoms with Gasteiger partial charge in [-0.1, -0.05) is 13.0 Å². The van der Waals surface area contributed by atoms with E-state index < -0.39 is 6.61 Å². The van der Waals surface area contributed by atoms with E-state index in [4.69, 9.17) is 4.74 Å². The van der Waals surface area contributed by atoms with Crippen LogP contribution in [0.15, 0.2) is 23.2 Å². The summed E-state index contributed by atoms with van der Waals surface area (Å²) in [6.07, 6.45) is 1.13. The zero-order valence-electron chi connectivity index (χ0n) is 12.9. The Kier molecular flexibility index (Phi) is 5.41. The standard InChI is InChI=1S/C15H21F2N3O2/c1-9-6-11(9)20-15(18-2)19-8-10-4-5-12(21-3)13(7-10)22-14(16)17/h4-5,7,9,11,14H,6,8H2,1-3H3,(H2,18,19,20). The van der Waals surface area contributed by atoms with Crippen molar-refractivity contribution in [2.45, 2.75) is 32.5 Å². The van der Waals surface area contributed by atoms with Crippen LogP contribution in [0.3, 0.4) is 0 Å². The third-order valence-electron chi connectivity index (χ3n) is 3.56. The molecule has 0 bridgehead atoms. The average molecular weight is 313 g/mol. The van der Waals surface area contributed by atoms with E-state index in [0.29, 0.717) is 24.5 Å². The Morgan fingerprint density at radius 3 is 2.68 bits per heavy atom. The molecule has 5 nitrogen and oxygen atoms in total. The number of alkyl halides is 2. The first kappa shape index (κ1) is 16.3. The number of aliphatic imine (C=N–C) groups is 1. The van der Waals surface area contributed by atoms with Crippen molar-refractivity contribution >= 4 is 5.96 Å². The Morgan fingerprint density at radius 1 is 1.41 bits per heavy atom. The molecule has 2 unspecified atom stereocenters. The Hall–Kier alpha value is -2.05. The Balaban J connectivity index is 1.96. The van der Waals surface area contributed by atoms with Gasteiger partial charge in [-0.3, -0.25) is 4.99 Å². The molecule has 0 aliphatic heterocycles. The number of nitrogens with zero attached hydrogens (tertiary/aromatic N) is 1. The smallest absolute Gasteiger partial charge is 0.387 e. The molecule has 1 saturated carbocycles. The summed E-state index contributed by atoms with van der Waals surface area (Å²) in [7, 11) is 3.11. The summed E-state index contributed by atoms with van der Waals surface area (Å²) >= 11 is 0. The van der Waals surface area contributed by atoms with Gasteiger partial charge in [0, 0.05) is 19.6 Å². The maximum atomic E-state index is 12.4. The summed E-state index contributed by atoms with van der Waals surface area (Å²) < 4.78 is 34.3. The van der Waals surface area contributed by atoms with Crippen molar-refractivity contribution in [1.82, 2.24) is 10.6 Å². The number of nitrogens with one attached hydrogen (secondary N) is 2. The van der Waals surface area contributed by atoms with E-state index in [1.807, 2.05) is 0 Å². The highest BCUT2D eigenvalue weighted by Crippen LogP contribution is 2.30. The first-order chi connectivity index (χ1) is 10.5. The SMILES string of the molecule is CN=C(NCc1ccc(OC)c(OC(F)F)c1)NC1CC1C. The van der Waals surface area contributed by atoms with Crippen LogP contribution in [0.2, 0.25) is 0 Å². The zero-order chi connectivity index (χ0) is 16.1. The Bertz CT molecular complexity index is 538. The topological polar surface area (TPSA) is 54.9 Å². The van der Waals surface area contributed by atoms with Crippen molar-refractivity contribution < 1.29 is 18.3 Å². The van der Waals surface area contributed by atoms with Gasteiger partial charge in [0.1, 0.15) is 0 Å². The number of hydrogen-bond donors (Lipinski definition) is 2. The van der Waals surface area contributed by atoms with Crippen molar-refractivity contribution in [2.75, 3.05) is 14.2 Å². The van der Waals surface area contributed by atoms with Gasteiger partial charge in [0.2, 0.25) is 0 Å². The van der Waals surface area contributed by atoms with Crippen molar-refractivity contribution in [3.05, 3.63) is 23.8 Å². The molecule has 1 fully saturated rings. The van der Waals surface area contributed by atoms with Crippen LogP contribution in [0.25, 0.3) is 0 Å². The van der Waals surface area contributed by atoms with Crippen molar-refractivity contribution in [2.24, 2.45) is 10.9 Å². The molecule has 1 aliphatic rings. The van der Waals surface area contributed by atoms with E-state index in [2.05, 4.69) is 27.3 Å². The molecule has 7 heteroatoms. The molecule has 0 aromatic heterocycles. The number of hydrogen-bond acceptors (Lipinski definition) is 3. The van der Waals surface area contributed by atoms with Gasteiger partial charge in [-0.25, -0.2) is 0 Å². The third-order valence-corrected chi connectivity index (χ3v) is 3.56. The maximum absolute atomic E-state index is 12.4. The van der Waals surface area contributed by atoms with Gasteiger partial charge in [-0.2, -0.15) is 8.78 Å². The first-order valence-corrected chi connectivity index (χ1v) is 7.12. The summed E-state index contributed by atoms with van der Waals surface area (Å²) in [5.74, 6) is 1.65. The first-order valence-electron chi connectivity index (χ1n) is 7.12. The van der Waals surface area contributed by atoms with Crippen molar-refractivity contribution in [3.8, 4) is 11.5 Å². The fraction of sp³-hybridized carbons (Fsp3) is 0.533. The fourth-order valence-electron chi connectivity index (χ4n) is 2.10. The molecule has 2 atom stereocenters. The minimum Gasteiger partial charge on any atom is -0.493 e. The second-order valence-corrected chi connectivity index (χ2v) is 5.25. The monoisotopic (exact) mass is 313 g/mol. The highest BCUT2D eigenvalue weighted by atomic mass is 19.3. The summed E-state index contributed by atoms with van der Waals surface area (Å²) in [5.41, 5.74) is 0.795. The van der Waals surface area contributed by atoms with Gasteiger partial charge in [0.15, 0.2) is 17.5 Å². The highest BCUT2D eigenvalue weighted by Gasteiger charge is 2.33. The summed E-state index contributed by atoms with van der Waals surface area (Å²) in [6, 6.07) is 5.38. The lowest BCUT2D eigenvalue weighted by molar-refractivity contribution is -0.0512. The number of ether oxygens (including phenoxy) is 2. The Labute approximate surface area is 128 Å². The average Bonchev–Trinajstić information content (AvgIpc) is 3.18. The minimum absolute atomic E-state index is 0.0237. The Morgan fingerprint density at radius 2 is 2.14 bits per heavy atom. The minimum atomic E-state index is -2.89.